The van der Waals surface area contributed by atoms with Crippen LogP contribution in [0.25, 0.3) is 16.9 Å². The van der Waals surface area contributed by atoms with Crippen molar-refractivity contribution in [3.05, 3.63) is 59.9 Å². The highest BCUT2D eigenvalue weighted by Crippen LogP contribution is 2.27. The zero-order valence-corrected chi connectivity index (χ0v) is 15.8. The van der Waals surface area contributed by atoms with Crippen molar-refractivity contribution in [2.45, 2.75) is 32.7 Å². The van der Waals surface area contributed by atoms with E-state index < -0.39 is 0 Å². The van der Waals surface area contributed by atoms with Crippen molar-refractivity contribution in [2.24, 2.45) is 0 Å². The molecule has 4 heteroatoms. The third-order valence-electron chi connectivity index (χ3n) is 5.29. The fraction of sp³-hybridized carbons (Fsp3) is 0.409. The first-order valence-electron chi connectivity index (χ1n) is 9.72. The molecule has 0 radical (unpaired) electrons. The van der Waals surface area contributed by atoms with Crippen LogP contribution in [0.2, 0.25) is 0 Å². The van der Waals surface area contributed by atoms with Crippen molar-refractivity contribution >= 4 is 5.65 Å². The Morgan fingerprint density at radius 3 is 2.69 bits per heavy atom. The molecule has 0 bridgehead atoms. The van der Waals surface area contributed by atoms with Crippen molar-refractivity contribution in [3.63, 3.8) is 0 Å². The highest BCUT2D eigenvalue weighted by molar-refractivity contribution is 5.67. The molecule has 1 saturated heterocycles. The molecule has 0 unspecified atom stereocenters. The Morgan fingerprint density at radius 1 is 1.04 bits per heavy atom. The second-order valence-electron chi connectivity index (χ2n) is 7.49. The number of nitrogens with zero attached hydrogens (tertiary/aromatic N) is 3. The van der Waals surface area contributed by atoms with E-state index in [4.69, 9.17) is 4.98 Å². The van der Waals surface area contributed by atoms with Gasteiger partial charge in [0.05, 0.1) is 11.4 Å². The van der Waals surface area contributed by atoms with Crippen molar-refractivity contribution in [1.82, 2.24) is 19.6 Å². The maximum atomic E-state index is 4.97. The molecule has 0 saturated carbocycles. The van der Waals surface area contributed by atoms with Crippen LogP contribution in [-0.2, 0) is 6.54 Å². The van der Waals surface area contributed by atoms with Gasteiger partial charge >= 0.3 is 0 Å². The lowest BCUT2D eigenvalue weighted by atomic mass is 10.0. The Kier molecular flexibility index (Phi) is 5.05. The van der Waals surface area contributed by atoms with Crippen LogP contribution in [0.4, 0.5) is 0 Å². The Hall–Kier alpha value is -2.17. The monoisotopic (exact) mass is 348 g/mol. The molecule has 1 aliphatic rings. The molecular weight excluding hydrogens is 320 g/mol. The van der Waals surface area contributed by atoms with Gasteiger partial charge in [0.15, 0.2) is 0 Å². The lowest BCUT2D eigenvalue weighted by Crippen LogP contribution is -2.28. The summed E-state index contributed by atoms with van der Waals surface area (Å²) in [6, 6.07) is 15.2. The van der Waals surface area contributed by atoms with Gasteiger partial charge in [0.2, 0.25) is 0 Å². The summed E-state index contributed by atoms with van der Waals surface area (Å²) < 4.78 is 2.25. The number of aromatic nitrogens is 2. The topological polar surface area (TPSA) is 32.6 Å². The fourth-order valence-electron chi connectivity index (χ4n) is 3.73. The highest BCUT2D eigenvalue weighted by Gasteiger charge is 2.18. The molecule has 4 nitrogen and oxygen atoms in total. The molecule has 3 heterocycles. The van der Waals surface area contributed by atoms with Crippen LogP contribution in [0.1, 0.15) is 37.4 Å². The third kappa shape index (κ3) is 3.53. The van der Waals surface area contributed by atoms with Gasteiger partial charge in [-0.05, 0) is 43.1 Å². The molecule has 26 heavy (non-hydrogen) atoms. The normalized spacial score (nSPS) is 16.3. The lowest BCUT2D eigenvalue weighted by molar-refractivity contribution is 0.281. The Morgan fingerprint density at radius 2 is 1.88 bits per heavy atom. The first-order chi connectivity index (χ1) is 12.7. The molecular formula is C22H28N4. The van der Waals surface area contributed by atoms with Crippen LogP contribution in [0.15, 0.2) is 48.7 Å². The summed E-state index contributed by atoms with van der Waals surface area (Å²) in [5.41, 5.74) is 6.01. The maximum absolute atomic E-state index is 4.97. The summed E-state index contributed by atoms with van der Waals surface area (Å²) in [7, 11) is 0. The lowest BCUT2D eigenvalue weighted by Gasteiger charge is -2.20. The molecule has 136 valence electrons. The van der Waals surface area contributed by atoms with E-state index in [-0.39, 0.29) is 0 Å². The largest absolute Gasteiger partial charge is 0.315 e. The predicted molar refractivity (Wildman–Crippen MR) is 107 cm³/mol. The minimum atomic E-state index is 0.550. The Bertz CT molecular complexity index is 855. The van der Waals surface area contributed by atoms with Crippen LogP contribution in [0, 0.1) is 0 Å². The number of imidazole rings is 1. The van der Waals surface area contributed by atoms with Crippen LogP contribution in [-0.4, -0.2) is 40.5 Å². The third-order valence-corrected chi connectivity index (χ3v) is 5.29. The second kappa shape index (κ2) is 7.60. The van der Waals surface area contributed by atoms with Crippen LogP contribution in [0.5, 0.6) is 0 Å². The summed E-state index contributed by atoms with van der Waals surface area (Å²) in [6.07, 6.45) is 3.34. The average molecular weight is 348 g/mol. The van der Waals surface area contributed by atoms with Crippen molar-refractivity contribution < 1.29 is 0 Å². The zero-order chi connectivity index (χ0) is 17.9. The number of hydrogen-bond donors (Lipinski definition) is 1. The van der Waals surface area contributed by atoms with E-state index in [1.165, 1.54) is 23.2 Å². The molecule has 0 atom stereocenters. The minimum Gasteiger partial charge on any atom is -0.315 e. The number of benzene rings is 1. The van der Waals surface area contributed by atoms with E-state index in [2.05, 4.69) is 77.1 Å². The second-order valence-corrected chi connectivity index (χ2v) is 7.49. The summed E-state index contributed by atoms with van der Waals surface area (Å²) in [5, 5.41) is 3.49. The van der Waals surface area contributed by atoms with E-state index in [0.717, 1.165) is 44.1 Å². The summed E-state index contributed by atoms with van der Waals surface area (Å²) in [5.74, 6) is 0.550. The summed E-state index contributed by atoms with van der Waals surface area (Å²) >= 11 is 0. The minimum absolute atomic E-state index is 0.550. The predicted octanol–water partition coefficient (Wildman–Crippen LogP) is 3.92. The van der Waals surface area contributed by atoms with Crippen LogP contribution >= 0.6 is 0 Å². The van der Waals surface area contributed by atoms with E-state index in [1.54, 1.807) is 0 Å². The van der Waals surface area contributed by atoms with Crippen molar-refractivity contribution in [3.8, 4) is 11.3 Å². The Labute approximate surface area is 155 Å². The molecule has 2 aromatic heterocycles. The molecule has 1 N–H and O–H groups in total. The van der Waals surface area contributed by atoms with Gasteiger partial charge in [0.1, 0.15) is 5.65 Å². The Balaban J connectivity index is 1.73. The van der Waals surface area contributed by atoms with Gasteiger partial charge < -0.3 is 9.72 Å². The fourth-order valence-corrected chi connectivity index (χ4v) is 3.73. The van der Waals surface area contributed by atoms with Crippen LogP contribution in [0.3, 0.4) is 0 Å². The SMILES string of the molecule is CC(C)c1ccc(-c2nc3ccccn3c2CN2CCCNCC2)cc1. The van der Waals surface area contributed by atoms with Gasteiger partial charge in [-0.15, -0.1) is 0 Å². The molecule has 0 amide bonds. The zero-order valence-electron chi connectivity index (χ0n) is 15.8. The number of rotatable bonds is 4. The smallest absolute Gasteiger partial charge is 0.137 e. The van der Waals surface area contributed by atoms with E-state index >= 15 is 0 Å². The molecule has 1 aromatic carbocycles. The summed E-state index contributed by atoms with van der Waals surface area (Å²) in [4.78, 5) is 7.51. The van der Waals surface area contributed by atoms with Gasteiger partial charge in [-0.2, -0.15) is 0 Å². The number of nitrogens with one attached hydrogen (secondary N) is 1. The van der Waals surface area contributed by atoms with E-state index in [1.807, 2.05) is 0 Å². The van der Waals surface area contributed by atoms with Crippen molar-refractivity contribution in [2.75, 3.05) is 26.2 Å². The van der Waals surface area contributed by atoms with Gasteiger partial charge in [-0.1, -0.05) is 44.2 Å². The average Bonchev–Trinajstić information content (AvgIpc) is 2.83. The van der Waals surface area contributed by atoms with E-state index in [9.17, 15) is 0 Å². The van der Waals surface area contributed by atoms with Crippen molar-refractivity contribution in [1.29, 1.82) is 0 Å². The summed E-state index contributed by atoms with van der Waals surface area (Å²) in [6.45, 7) is 9.82. The standard InChI is InChI=1S/C22H28N4/c1-17(2)18-7-9-19(10-8-18)22-20(16-25-13-5-11-23-12-15-25)26-14-4-3-6-21(26)24-22/h3-4,6-10,14,17,23H,5,11-13,15-16H2,1-2H3. The first-order valence-corrected chi connectivity index (χ1v) is 9.72. The molecule has 3 aromatic rings. The molecule has 1 fully saturated rings. The molecule has 4 rings (SSSR count). The van der Waals surface area contributed by atoms with Crippen LogP contribution < -0.4 is 5.32 Å². The maximum Gasteiger partial charge on any atom is 0.137 e. The number of hydrogen-bond acceptors (Lipinski definition) is 3. The quantitative estimate of drug-likeness (QED) is 0.776. The van der Waals surface area contributed by atoms with Gasteiger partial charge in [-0.3, -0.25) is 4.90 Å². The molecule has 1 aliphatic heterocycles. The first kappa shape index (κ1) is 17.3. The van der Waals surface area contributed by atoms with Gasteiger partial charge in [0, 0.05) is 31.4 Å². The molecule has 0 aliphatic carbocycles. The number of pyridine rings is 1. The highest BCUT2D eigenvalue weighted by atomic mass is 15.2. The van der Waals surface area contributed by atoms with Gasteiger partial charge in [0.25, 0.3) is 0 Å². The molecule has 0 spiro atoms. The van der Waals surface area contributed by atoms with E-state index in [0.29, 0.717) is 5.92 Å². The number of fused-ring (bicyclic) bond motifs is 1. The van der Waals surface area contributed by atoms with Gasteiger partial charge in [-0.25, -0.2) is 4.98 Å².